The zero-order chi connectivity index (χ0) is 19.0. The zero-order valence-electron chi connectivity index (χ0n) is 14.0. The second kappa shape index (κ2) is 6.49. The molecule has 0 radical (unpaired) electrons. The number of hydrogen-bond acceptors (Lipinski definition) is 5. The van der Waals surface area contributed by atoms with Crippen molar-refractivity contribution in [3.05, 3.63) is 77.4 Å². The summed E-state index contributed by atoms with van der Waals surface area (Å²) >= 11 is 0. The van der Waals surface area contributed by atoms with Crippen molar-refractivity contribution in [2.75, 3.05) is 0 Å². The van der Waals surface area contributed by atoms with Crippen LogP contribution in [0, 0.1) is 5.92 Å². The van der Waals surface area contributed by atoms with Crippen molar-refractivity contribution in [3.8, 4) is 5.75 Å². The predicted molar refractivity (Wildman–Crippen MR) is 100 cm³/mol. The maximum atomic E-state index is 12.3. The molecule has 1 aliphatic carbocycles. The maximum absolute atomic E-state index is 12.3. The highest BCUT2D eigenvalue weighted by atomic mass is 16.3. The molecule has 2 N–H and O–H groups in total. The molecule has 27 heavy (non-hydrogen) atoms. The van der Waals surface area contributed by atoms with Crippen LogP contribution in [0.2, 0.25) is 0 Å². The van der Waals surface area contributed by atoms with E-state index < -0.39 is 11.8 Å². The molecular formula is C21H14N2O4. The Morgan fingerprint density at radius 2 is 1.48 bits per heavy atom. The number of hydrogen-bond donors (Lipinski definition) is 2. The number of carbonyl (C=O) groups is 3. The van der Waals surface area contributed by atoms with Gasteiger partial charge in [0.05, 0.1) is 5.56 Å². The van der Waals surface area contributed by atoms with E-state index in [9.17, 15) is 19.5 Å². The molecule has 4 rings (SSSR count). The number of Topliss-reactive ketones (excluding diaryl/α,β-unsaturated/α-hetero) is 2. The first kappa shape index (κ1) is 16.7. The maximum Gasteiger partial charge on any atom is 0.275 e. The van der Waals surface area contributed by atoms with E-state index in [0.29, 0.717) is 11.1 Å². The van der Waals surface area contributed by atoms with Crippen LogP contribution in [0.4, 0.5) is 0 Å². The van der Waals surface area contributed by atoms with E-state index in [1.807, 2.05) is 24.3 Å². The van der Waals surface area contributed by atoms with Crippen molar-refractivity contribution < 1.29 is 19.5 Å². The van der Waals surface area contributed by atoms with Crippen LogP contribution in [-0.2, 0) is 0 Å². The first-order valence-corrected chi connectivity index (χ1v) is 8.29. The van der Waals surface area contributed by atoms with Crippen molar-refractivity contribution in [1.82, 2.24) is 5.43 Å². The van der Waals surface area contributed by atoms with E-state index in [1.54, 1.807) is 30.3 Å². The van der Waals surface area contributed by atoms with Gasteiger partial charge in [0.15, 0.2) is 11.6 Å². The SMILES string of the molecule is O=C(N/N=C/C1C(=O)c2ccccc2C1=O)c1cc2ccccc2cc1O. The highest BCUT2D eigenvalue weighted by molar-refractivity contribution is 6.33. The number of phenols is 1. The van der Waals surface area contributed by atoms with Crippen LogP contribution in [0.15, 0.2) is 65.8 Å². The number of phenolic OH excluding ortho intramolecular Hbond substituents is 1. The van der Waals surface area contributed by atoms with E-state index in [1.165, 1.54) is 6.07 Å². The van der Waals surface area contributed by atoms with E-state index in [4.69, 9.17) is 0 Å². The molecule has 0 bridgehead atoms. The van der Waals surface area contributed by atoms with Crippen LogP contribution in [0.1, 0.15) is 31.1 Å². The van der Waals surface area contributed by atoms with Gasteiger partial charge >= 0.3 is 0 Å². The number of ketones is 2. The van der Waals surface area contributed by atoms with Gasteiger partial charge in [-0.15, -0.1) is 0 Å². The lowest BCUT2D eigenvalue weighted by atomic mass is 10.1. The molecule has 0 heterocycles. The lowest BCUT2D eigenvalue weighted by Crippen LogP contribution is -2.22. The summed E-state index contributed by atoms with van der Waals surface area (Å²) in [4.78, 5) is 36.9. The Morgan fingerprint density at radius 1 is 0.926 bits per heavy atom. The van der Waals surface area contributed by atoms with Gasteiger partial charge in [0.25, 0.3) is 5.91 Å². The van der Waals surface area contributed by atoms with Crippen molar-refractivity contribution in [2.45, 2.75) is 0 Å². The molecule has 3 aromatic carbocycles. The highest BCUT2D eigenvalue weighted by Crippen LogP contribution is 2.26. The number of amides is 1. The Kier molecular flexibility index (Phi) is 4.01. The van der Waals surface area contributed by atoms with Crippen molar-refractivity contribution in [2.24, 2.45) is 11.0 Å². The van der Waals surface area contributed by atoms with Gasteiger partial charge in [0, 0.05) is 17.3 Å². The quantitative estimate of drug-likeness (QED) is 0.427. The minimum Gasteiger partial charge on any atom is -0.507 e. The average Bonchev–Trinajstić information content (AvgIpc) is 2.92. The van der Waals surface area contributed by atoms with Crippen molar-refractivity contribution >= 4 is 34.5 Å². The summed E-state index contributed by atoms with van der Waals surface area (Å²) in [6.45, 7) is 0. The number of rotatable bonds is 3. The van der Waals surface area contributed by atoms with Crippen LogP contribution in [0.3, 0.4) is 0 Å². The molecule has 0 saturated heterocycles. The van der Waals surface area contributed by atoms with Gasteiger partial charge in [0.1, 0.15) is 11.7 Å². The smallest absolute Gasteiger partial charge is 0.275 e. The Balaban J connectivity index is 1.53. The zero-order valence-corrected chi connectivity index (χ0v) is 14.0. The molecule has 1 amide bonds. The first-order chi connectivity index (χ1) is 13.1. The van der Waals surface area contributed by atoms with Crippen LogP contribution in [-0.4, -0.2) is 28.8 Å². The van der Waals surface area contributed by atoms with Gasteiger partial charge in [0.2, 0.25) is 0 Å². The summed E-state index contributed by atoms with van der Waals surface area (Å²) in [6.07, 6.45) is 1.13. The number of fused-ring (bicyclic) bond motifs is 2. The summed E-state index contributed by atoms with van der Waals surface area (Å²) in [7, 11) is 0. The Bertz CT molecular complexity index is 1100. The van der Waals surface area contributed by atoms with Gasteiger partial charge in [-0.2, -0.15) is 5.10 Å². The lowest BCUT2D eigenvalue weighted by molar-refractivity contribution is 0.0880. The fourth-order valence-electron chi connectivity index (χ4n) is 3.14. The number of hydrazone groups is 1. The third-order valence-electron chi connectivity index (χ3n) is 4.52. The molecule has 0 unspecified atom stereocenters. The highest BCUT2D eigenvalue weighted by Gasteiger charge is 2.37. The molecule has 6 nitrogen and oxygen atoms in total. The lowest BCUT2D eigenvalue weighted by Gasteiger charge is -2.06. The third kappa shape index (κ3) is 2.87. The largest absolute Gasteiger partial charge is 0.507 e. The number of aromatic hydroxyl groups is 1. The normalized spacial score (nSPS) is 14.1. The monoisotopic (exact) mass is 358 g/mol. The molecule has 0 saturated carbocycles. The van der Waals surface area contributed by atoms with Gasteiger partial charge < -0.3 is 5.11 Å². The molecule has 3 aromatic rings. The summed E-state index contributed by atoms with van der Waals surface area (Å²) < 4.78 is 0. The molecule has 6 heteroatoms. The predicted octanol–water partition coefficient (Wildman–Crippen LogP) is 2.96. The molecular weight excluding hydrogens is 344 g/mol. The molecule has 0 aromatic heterocycles. The van der Waals surface area contributed by atoms with Crippen LogP contribution < -0.4 is 5.43 Å². The second-order valence-corrected chi connectivity index (χ2v) is 6.19. The average molecular weight is 358 g/mol. The van der Waals surface area contributed by atoms with E-state index in [2.05, 4.69) is 10.5 Å². The summed E-state index contributed by atoms with van der Waals surface area (Å²) in [6, 6.07) is 16.9. The number of benzene rings is 3. The summed E-state index contributed by atoms with van der Waals surface area (Å²) in [5.41, 5.74) is 3.04. The van der Waals surface area contributed by atoms with E-state index in [0.717, 1.165) is 17.0 Å². The number of nitrogens with one attached hydrogen (secondary N) is 1. The van der Waals surface area contributed by atoms with Gasteiger partial charge in [-0.25, -0.2) is 5.43 Å². The molecule has 0 aliphatic heterocycles. The molecule has 0 spiro atoms. The van der Waals surface area contributed by atoms with Crippen LogP contribution >= 0.6 is 0 Å². The molecule has 132 valence electrons. The topological polar surface area (TPSA) is 95.8 Å². The minimum absolute atomic E-state index is 0.0539. The van der Waals surface area contributed by atoms with Gasteiger partial charge in [-0.05, 0) is 22.9 Å². The molecule has 1 aliphatic rings. The van der Waals surface area contributed by atoms with E-state index >= 15 is 0 Å². The standard InChI is InChI=1S/C21H14N2O4/c24-18-10-13-6-2-1-5-12(13)9-16(18)21(27)23-22-11-17-19(25)14-7-3-4-8-15(14)20(17)26/h1-11,17,24H,(H,23,27)/b22-11+. The van der Waals surface area contributed by atoms with Crippen LogP contribution in [0.5, 0.6) is 5.75 Å². The first-order valence-electron chi connectivity index (χ1n) is 8.29. The molecule has 0 atom stereocenters. The van der Waals surface area contributed by atoms with Crippen molar-refractivity contribution in [3.63, 3.8) is 0 Å². The second-order valence-electron chi connectivity index (χ2n) is 6.19. The van der Waals surface area contributed by atoms with Crippen molar-refractivity contribution in [1.29, 1.82) is 0 Å². The Morgan fingerprint density at radius 3 is 2.11 bits per heavy atom. The fourth-order valence-corrected chi connectivity index (χ4v) is 3.14. The number of nitrogens with zero attached hydrogens (tertiary/aromatic N) is 1. The summed E-state index contributed by atoms with van der Waals surface area (Å²) in [5.74, 6) is -2.55. The summed E-state index contributed by atoms with van der Waals surface area (Å²) in [5, 5.41) is 15.4. The third-order valence-corrected chi connectivity index (χ3v) is 4.52. The minimum atomic E-state index is -1.05. The molecule has 0 fully saturated rings. The van der Waals surface area contributed by atoms with E-state index in [-0.39, 0.29) is 22.9 Å². The number of carbonyl (C=O) groups excluding carboxylic acids is 3. The van der Waals surface area contributed by atoms with Crippen LogP contribution in [0.25, 0.3) is 10.8 Å². The fraction of sp³-hybridized carbons (Fsp3) is 0.0476. The van der Waals surface area contributed by atoms with Gasteiger partial charge in [-0.3, -0.25) is 14.4 Å². The Labute approximate surface area is 154 Å². The Hall–Kier alpha value is -3.80. The van der Waals surface area contributed by atoms with Gasteiger partial charge in [-0.1, -0.05) is 48.5 Å².